The van der Waals surface area contributed by atoms with Crippen molar-refractivity contribution in [2.24, 2.45) is 0 Å². The predicted molar refractivity (Wildman–Crippen MR) is 76.6 cm³/mol. The van der Waals surface area contributed by atoms with Gasteiger partial charge in [-0.3, -0.25) is 0 Å². The van der Waals surface area contributed by atoms with Gasteiger partial charge in [-0.1, -0.05) is 24.3 Å². The summed E-state index contributed by atoms with van der Waals surface area (Å²) in [6.07, 6.45) is 0. The lowest BCUT2D eigenvalue weighted by atomic mass is 9.99. The first-order valence-corrected chi connectivity index (χ1v) is 6.77. The molecule has 1 nitrogen and oxygen atoms in total. The summed E-state index contributed by atoms with van der Waals surface area (Å²) in [4.78, 5) is 0. The first-order chi connectivity index (χ1) is 9.88. The first kappa shape index (κ1) is 15.7. The number of aryl methyl sites for hydroxylation is 2. The standard InChI is InChI=1S/C16H14ClF3O/c1-9-6-12(7-10(2)15(9)18)14(17)11-4-3-5-13(8-11)21-16(19)20/h3-8,14,16H,1-2H3. The van der Waals surface area contributed by atoms with Crippen LogP contribution in [-0.4, -0.2) is 6.61 Å². The molecule has 0 aliphatic carbocycles. The van der Waals surface area contributed by atoms with Crippen LogP contribution in [0.1, 0.15) is 27.6 Å². The number of hydrogen-bond donors (Lipinski definition) is 0. The summed E-state index contributed by atoms with van der Waals surface area (Å²) in [6.45, 7) is 0.432. The van der Waals surface area contributed by atoms with E-state index in [1.807, 2.05) is 0 Å². The van der Waals surface area contributed by atoms with Gasteiger partial charge in [0, 0.05) is 0 Å². The van der Waals surface area contributed by atoms with Gasteiger partial charge in [0.2, 0.25) is 0 Å². The normalized spacial score (nSPS) is 12.5. The second kappa shape index (κ2) is 6.39. The van der Waals surface area contributed by atoms with Gasteiger partial charge in [-0.05, 0) is 48.2 Å². The quantitative estimate of drug-likeness (QED) is 0.689. The largest absolute Gasteiger partial charge is 0.435 e. The van der Waals surface area contributed by atoms with Gasteiger partial charge < -0.3 is 4.74 Å². The Kier molecular flexibility index (Phi) is 4.78. The molecule has 1 unspecified atom stereocenters. The Morgan fingerprint density at radius 1 is 1.00 bits per heavy atom. The third kappa shape index (κ3) is 3.70. The maximum absolute atomic E-state index is 13.6. The third-order valence-corrected chi connectivity index (χ3v) is 3.63. The van der Waals surface area contributed by atoms with E-state index in [4.69, 9.17) is 11.6 Å². The Bertz CT molecular complexity index is 620. The molecular weight excluding hydrogens is 301 g/mol. The summed E-state index contributed by atoms with van der Waals surface area (Å²) >= 11 is 6.37. The highest BCUT2D eigenvalue weighted by atomic mass is 35.5. The van der Waals surface area contributed by atoms with Crippen molar-refractivity contribution in [1.29, 1.82) is 0 Å². The van der Waals surface area contributed by atoms with E-state index in [9.17, 15) is 13.2 Å². The maximum Gasteiger partial charge on any atom is 0.387 e. The van der Waals surface area contributed by atoms with Crippen molar-refractivity contribution >= 4 is 11.6 Å². The molecular formula is C16H14ClF3O. The van der Waals surface area contributed by atoms with Gasteiger partial charge in [-0.15, -0.1) is 11.6 Å². The van der Waals surface area contributed by atoms with E-state index in [0.29, 0.717) is 22.3 Å². The zero-order chi connectivity index (χ0) is 15.6. The van der Waals surface area contributed by atoms with Crippen LogP contribution in [0.15, 0.2) is 36.4 Å². The molecule has 2 aromatic rings. The lowest BCUT2D eigenvalue weighted by Crippen LogP contribution is -2.03. The van der Waals surface area contributed by atoms with E-state index in [-0.39, 0.29) is 11.6 Å². The molecule has 0 bridgehead atoms. The Balaban J connectivity index is 2.33. The van der Waals surface area contributed by atoms with Crippen molar-refractivity contribution < 1.29 is 17.9 Å². The van der Waals surface area contributed by atoms with Crippen LogP contribution in [0.5, 0.6) is 5.75 Å². The Labute approximate surface area is 126 Å². The van der Waals surface area contributed by atoms with Crippen LogP contribution in [0.3, 0.4) is 0 Å². The molecule has 0 saturated heterocycles. The number of halogens is 4. The van der Waals surface area contributed by atoms with E-state index >= 15 is 0 Å². The van der Waals surface area contributed by atoms with Gasteiger partial charge in [-0.25, -0.2) is 4.39 Å². The highest BCUT2D eigenvalue weighted by Gasteiger charge is 2.15. The molecule has 112 valence electrons. The zero-order valence-corrected chi connectivity index (χ0v) is 12.3. The molecule has 21 heavy (non-hydrogen) atoms. The lowest BCUT2D eigenvalue weighted by molar-refractivity contribution is -0.0498. The molecule has 0 aliphatic heterocycles. The molecule has 0 saturated carbocycles. The van der Waals surface area contributed by atoms with Crippen molar-refractivity contribution in [3.05, 3.63) is 64.5 Å². The number of alkyl halides is 3. The van der Waals surface area contributed by atoms with E-state index < -0.39 is 12.0 Å². The number of ether oxygens (including phenoxy) is 1. The molecule has 0 amide bonds. The summed E-state index contributed by atoms with van der Waals surface area (Å²) in [6, 6.07) is 9.50. The molecule has 2 aromatic carbocycles. The second-order valence-corrected chi connectivity index (χ2v) is 5.22. The van der Waals surface area contributed by atoms with E-state index in [2.05, 4.69) is 4.74 Å². The van der Waals surface area contributed by atoms with Crippen LogP contribution in [-0.2, 0) is 0 Å². The van der Waals surface area contributed by atoms with Crippen LogP contribution in [0.2, 0.25) is 0 Å². The minimum atomic E-state index is -2.88. The molecule has 2 rings (SSSR count). The van der Waals surface area contributed by atoms with Gasteiger partial charge >= 0.3 is 6.61 Å². The highest BCUT2D eigenvalue weighted by molar-refractivity contribution is 6.22. The molecule has 5 heteroatoms. The molecule has 0 aliphatic rings. The van der Waals surface area contributed by atoms with Crippen LogP contribution >= 0.6 is 11.6 Å². The van der Waals surface area contributed by atoms with Gasteiger partial charge in [0.1, 0.15) is 11.6 Å². The monoisotopic (exact) mass is 314 g/mol. The molecule has 0 heterocycles. The summed E-state index contributed by atoms with van der Waals surface area (Å²) < 4.78 is 42.5. The van der Waals surface area contributed by atoms with Crippen LogP contribution < -0.4 is 4.74 Å². The fourth-order valence-electron chi connectivity index (χ4n) is 2.17. The van der Waals surface area contributed by atoms with Gasteiger partial charge in [0.05, 0.1) is 5.38 Å². The van der Waals surface area contributed by atoms with E-state index in [1.54, 1.807) is 38.1 Å². The van der Waals surface area contributed by atoms with Crippen molar-refractivity contribution in [3.8, 4) is 5.75 Å². The fraction of sp³-hybridized carbons (Fsp3) is 0.250. The van der Waals surface area contributed by atoms with Crippen LogP contribution in [0.25, 0.3) is 0 Å². The third-order valence-electron chi connectivity index (χ3n) is 3.13. The number of benzene rings is 2. The minimum absolute atomic E-state index is 0.0451. The number of hydrogen-bond acceptors (Lipinski definition) is 1. The van der Waals surface area contributed by atoms with Crippen molar-refractivity contribution in [2.45, 2.75) is 25.8 Å². The fourth-order valence-corrected chi connectivity index (χ4v) is 2.43. The Morgan fingerprint density at radius 2 is 1.62 bits per heavy atom. The number of rotatable bonds is 4. The zero-order valence-electron chi connectivity index (χ0n) is 11.5. The summed E-state index contributed by atoms with van der Waals surface area (Å²) in [5.41, 5.74) is 2.31. The van der Waals surface area contributed by atoms with E-state index in [1.165, 1.54) is 12.1 Å². The lowest BCUT2D eigenvalue weighted by Gasteiger charge is -2.14. The van der Waals surface area contributed by atoms with Crippen molar-refractivity contribution in [1.82, 2.24) is 0 Å². The van der Waals surface area contributed by atoms with Gasteiger partial charge in [0.15, 0.2) is 0 Å². The molecule has 1 atom stereocenters. The molecule has 0 fully saturated rings. The molecule has 0 aromatic heterocycles. The van der Waals surface area contributed by atoms with Gasteiger partial charge in [0.25, 0.3) is 0 Å². The first-order valence-electron chi connectivity index (χ1n) is 6.34. The summed E-state index contributed by atoms with van der Waals surface area (Å²) in [7, 11) is 0. The minimum Gasteiger partial charge on any atom is -0.435 e. The highest BCUT2D eigenvalue weighted by Crippen LogP contribution is 2.32. The molecule has 0 N–H and O–H groups in total. The van der Waals surface area contributed by atoms with E-state index in [0.717, 1.165) is 0 Å². The molecule has 0 radical (unpaired) electrons. The van der Waals surface area contributed by atoms with Crippen LogP contribution in [0, 0.1) is 19.7 Å². The SMILES string of the molecule is Cc1cc(C(Cl)c2cccc(OC(F)F)c2)cc(C)c1F. The van der Waals surface area contributed by atoms with Crippen molar-refractivity contribution in [2.75, 3.05) is 0 Å². The van der Waals surface area contributed by atoms with Gasteiger partial charge in [-0.2, -0.15) is 8.78 Å². The topological polar surface area (TPSA) is 9.23 Å². The van der Waals surface area contributed by atoms with Crippen molar-refractivity contribution in [3.63, 3.8) is 0 Å². The van der Waals surface area contributed by atoms with Crippen LogP contribution in [0.4, 0.5) is 13.2 Å². The smallest absolute Gasteiger partial charge is 0.387 e. The predicted octanol–water partition coefficient (Wildman–Crippen LogP) is 5.37. The average molecular weight is 315 g/mol. The second-order valence-electron chi connectivity index (χ2n) is 4.78. The Morgan fingerprint density at radius 3 is 2.19 bits per heavy atom. The molecule has 0 spiro atoms. The summed E-state index contributed by atoms with van der Waals surface area (Å²) in [5, 5.41) is -0.566. The summed E-state index contributed by atoms with van der Waals surface area (Å²) in [5.74, 6) is -0.221. The Hall–Kier alpha value is -1.68. The maximum atomic E-state index is 13.6. The average Bonchev–Trinajstić information content (AvgIpc) is 2.43.